The highest BCUT2D eigenvalue weighted by Crippen LogP contribution is 2.48. The predicted octanol–water partition coefficient (Wildman–Crippen LogP) is 5.02. The normalized spacial score (nSPS) is 17.1. The number of benzene rings is 1. The highest BCUT2D eigenvalue weighted by molar-refractivity contribution is 8.00. The van der Waals surface area contributed by atoms with Gasteiger partial charge in [-0.1, -0.05) is 46.8 Å². The standard InChI is InChI=1S/C26H37FN4O2S/c1-16(2)13-28-19(32)14-30-20(33)15-34-22(17-10-9-11-18(27)12-17)21-23(25(3,4)5)29-31(24(21)30)26(6,7)8/h9-12,16,22H,13-15H2,1-8H3,(H,28,32). The molecule has 1 N–H and O–H groups in total. The molecule has 34 heavy (non-hydrogen) atoms. The van der Waals surface area contributed by atoms with E-state index in [-0.39, 0.29) is 40.6 Å². The maximum Gasteiger partial charge on any atom is 0.240 e. The molecule has 2 aromatic rings. The molecule has 0 spiro atoms. The quantitative estimate of drug-likeness (QED) is 0.642. The summed E-state index contributed by atoms with van der Waals surface area (Å²) < 4.78 is 16.1. The van der Waals surface area contributed by atoms with Gasteiger partial charge in [-0.15, -0.1) is 11.8 Å². The Morgan fingerprint density at radius 2 is 1.91 bits per heavy atom. The van der Waals surface area contributed by atoms with E-state index >= 15 is 0 Å². The predicted molar refractivity (Wildman–Crippen MR) is 137 cm³/mol. The summed E-state index contributed by atoms with van der Waals surface area (Å²) in [6.45, 7) is 16.9. The van der Waals surface area contributed by atoms with Gasteiger partial charge in [0.25, 0.3) is 0 Å². The van der Waals surface area contributed by atoms with Crippen LogP contribution in [-0.2, 0) is 20.5 Å². The summed E-state index contributed by atoms with van der Waals surface area (Å²) in [6.07, 6.45) is 0. The fourth-order valence-corrected chi connectivity index (χ4v) is 5.18. The van der Waals surface area contributed by atoms with Crippen molar-refractivity contribution in [3.63, 3.8) is 0 Å². The summed E-state index contributed by atoms with van der Waals surface area (Å²) in [6, 6.07) is 6.53. The van der Waals surface area contributed by atoms with Crippen molar-refractivity contribution in [3.8, 4) is 0 Å². The van der Waals surface area contributed by atoms with Gasteiger partial charge in [-0.05, 0) is 44.4 Å². The second-order valence-corrected chi connectivity index (χ2v) is 12.4. The molecule has 3 rings (SSSR count). The SMILES string of the molecule is CC(C)CNC(=O)CN1C(=O)CSC(c2cccc(F)c2)c2c(C(C)(C)C)nn(C(C)(C)C)c21. The van der Waals surface area contributed by atoms with Crippen molar-refractivity contribution >= 4 is 29.4 Å². The lowest BCUT2D eigenvalue weighted by atomic mass is 9.87. The minimum absolute atomic E-state index is 0.0830. The number of aromatic nitrogens is 2. The summed E-state index contributed by atoms with van der Waals surface area (Å²) in [5.74, 6) is 0.430. The van der Waals surface area contributed by atoms with Crippen LogP contribution in [0.25, 0.3) is 0 Å². The number of thioether (sulfide) groups is 1. The monoisotopic (exact) mass is 488 g/mol. The number of carbonyl (C=O) groups excluding carboxylic acids is 2. The first-order chi connectivity index (χ1) is 15.7. The van der Waals surface area contributed by atoms with Crippen LogP contribution < -0.4 is 10.2 Å². The highest BCUT2D eigenvalue weighted by Gasteiger charge is 2.41. The van der Waals surface area contributed by atoms with Crippen molar-refractivity contribution in [1.82, 2.24) is 15.1 Å². The van der Waals surface area contributed by atoms with Gasteiger partial charge in [-0.2, -0.15) is 5.10 Å². The molecule has 2 heterocycles. The van der Waals surface area contributed by atoms with Gasteiger partial charge in [0.15, 0.2) is 0 Å². The number of hydrogen-bond acceptors (Lipinski definition) is 4. The van der Waals surface area contributed by atoms with Crippen molar-refractivity contribution < 1.29 is 14.0 Å². The molecule has 6 nitrogen and oxygen atoms in total. The molecule has 1 aromatic carbocycles. The Kier molecular flexibility index (Phi) is 7.51. The maximum atomic E-state index is 14.2. The number of amides is 2. The van der Waals surface area contributed by atoms with E-state index in [0.717, 1.165) is 16.8 Å². The van der Waals surface area contributed by atoms with E-state index in [1.807, 2.05) is 45.4 Å². The van der Waals surface area contributed by atoms with E-state index in [1.165, 1.54) is 23.9 Å². The van der Waals surface area contributed by atoms with E-state index < -0.39 is 5.54 Å². The molecule has 0 aliphatic carbocycles. The van der Waals surface area contributed by atoms with Crippen molar-refractivity contribution in [1.29, 1.82) is 0 Å². The van der Waals surface area contributed by atoms with Crippen LogP contribution in [0.1, 0.15) is 77.5 Å². The van der Waals surface area contributed by atoms with Crippen LogP contribution in [0, 0.1) is 11.7 Å². The molecule has 1 unspecified atom stereocenters. The first-order valence-corrected chi connectivity index (χ1v) is 12.8. The van der Waals surface area contributed by atoms with Crippen molar-refractivity contribution in [2.45, 2.75) is 71.6 Å². The Balaban J connectivity index is 2.26. The molecule has 186 valence electrons. The topological polar surface area (TPSA) is 67.2 Å². The van der Waals surface area contributed by atoms with Crippen LogP contribution in [0.15, 0.2) is 24.3 Å². The number of fused-ring (bicyclic) bond motifs is 1. The Hall–Kier alpha value is -2.35. The average molecular weight is 489 g/mol. The second-order valence-electron chi connectivity index (χ2n) is 11.3. The van der Waals surface area contributed by atoms with Gasteiger partial charge in [-0.25, -0.2) is 9.07 Å². The van der Waals surface area contributed by atoms with Crippen molar-refractivity contribution in [2.24, 2.45) is 5.92 Å². The maximum absolute atomic E-state index is 14.2. The molecule has 1 aromatic heterocycles. The van der Waals surface area contributed by atoms with Gasteiger partial charge in [0.1, 0.15) is 18.2 Å². The lowest BCUT2D eigenvalue weighted by Gasteiger charge is -2.29. The third-order valence-corrected chi connectivity index (χ3v) is 6.85. The van der Waals surface area contributed by atoms with Crippen LogP contribution >= 0.6 is 11.8 Å². The molecule has 1 aliphatic rings. The van der Waals surface area contributed by atoms with Crippen molar-refractivity contribution in [3.05, 3.63) is 46.9 Å². The highest BCUT2D eigenvalue weighted by atomic mass is 32.2. The number of anilines is 1. The van der Waals surface area contributed by atoms with Crippen LogP contribution in [0.4, 0.5) is 10.2 Å². The zero-order chi connectivity index (χ0) is 25.4. The number of rotatable bonds is 5. The van der Waals surface area contributed by atoms with Crippen LogP contribution in [0.5, 0.6) is 0 Å². The number of halogens is 1. The molecule has 0 saturated carbocycles. The third kappa shape index (κ3) is 5.65. The molecule has 1 atom stereocenters. The van der Waals surface area contributed by atoms with Gasteiger partial charge < -0.3 is 5.32 Å². The molecule has 0 radical (unpaired) electrons. The molecule has 0 fully saturated rings. The third-order valence-electron chi connectivity index (χ3n) is 5.60. The number of nitrogens with zero attached hydrogens (tertiary/aromatic N) is 3. The molecule has 1 aliphatic heterocycles. The molecule has 2 amide bonds. The molecule has 0 saturated heterocycles. The van der Waals surface area contributed by atoms with E-state index in [1.54, 1.807) is 11.0 Å². The fraction of sp³-hybridized carbons (Fsp3) is 0.577. The van der Waals surface area contributed by atoms with E-state index in [0.29, 0.717) is 18.3 Å². The average Bonchev–Trinajstić information content (AvgIpc) is 3.06. The van der Waals surface area contributed by atoms with Gasteiger partial charge in [-0.3, -0.25) is 14.5 Å². The Morgan fingerprint density at radius 3 is 2.47 bits per heavy atom. The molecular formula is C26H37FN4O2S. The summed E-state index contributed by atoms with van der Waals surface area (Å²) in [5.41, 5.74) is 1.74. The lowest BCUT2D eigenvalue weighted by molar-refractivity contribution is -0.123. The first kappa shape index (κ1) is 26.3. The van der Waals surface area contributed by atoms with Crippen LogP contribution in [0.2, 0.25) is 0 Å². The second kappa shape index (κ2) is 9.72. The molecule has 0 bridgehead atoms. The van der Waals surface area contributed by atoms with Crippen LogP contribution in [-0.4, -0.2) is 40.4 Å². The van der Waals surface area contributed by atoms with Gasteiger partial charge in [0.05, 0.1) is 22.2 Å². The fourth-order valence-electron chi connectivity index (χ4n) is 3.99. The largest absolute Gasteiger partial charge is 0.354 e. The van der Waals surface area contributed by atoms with E-state index in [9.17, 15) is 14.0 Å². The smallest absolute Gasteiger partial charge is 0.240 e. The Morgan fingerprint density at radius 1 is 1.24 bits per heavy atom. The summed E-state index contributed by atoms with van der Waals surface area (Å²) in [7, 11) is 0. The molecular weight excluding hydrogens is 451 g/mol. The van der Waals surface area contributed by atoms with Gasteiger partial charge >= 0.3 is 0 Å². The minimum Gasteiger partial charge on any atom is -0.354 e. The van der Waals surface area contributed by atoms with Gasteiger partial charge in [0.2, 0.25) is 11.8 Å². The van der Waals surface area contributed by atoms with E-state index in [2.05, 4.69) is 26.1 Å². The molecule has 8 heteroatoms. The van der Waals surface area contributed by atoms with Crippen molar-refractivity contribution in [2.75, 3.05) is 23.7 Å². The summed E-state index contributed by atoms with van der Waals surface area (Å²) in [4.78, 5) is 27.9. The Bertz CT molecular complexity index is 1070. The lowest BCUT2D eigenvalue weighted by Crippen LogP contribution is -2.44. The van der Waals surface area contributed by atoms with Crippen LogP contribution in [0.3, 0.4) is 0 Å². The minimum atomic E-state index is -0.442. The number of nitrogens with one attached hydrogen (secondary N) is 1. The summed E-state index contributed by atoms with van der Waals surface area (Å²) >= 11 is 1.46. The van der Waals surface area contributed by atoms with E-state index in [4.69, 9.17) is 5.10 Å². The Labute approximate surface area is 206 Å². The first-order valence-electron chi connectivity index (χ1n) is 11.8. The summed E-state index contributed by atoms with van der Waals surface area (Å²) in [5, 5.41) is 7.66. The number of hydrogen-bond donors (Lipinski definition) is 1. The zero-order valence-corrected chi connectivity index (χ0v) is 22.3. The number of carbonyl (C=O) groups is 2. The van der Waals surface area contributed by atoms with Gasteiger partial charge in [0, 0.05) is 17.5 Å². The zero-order valence-electron chi connectivity index (χ0n) is 21.5.